The smallest absolute Gasteiger partial charge is 0.403 e. The first-order valence-corrected chi connectivity index (χ1v) is 4.94. The van der Waals surface area contributed by atoms with E-state index in [-0.39, 0.29) is 6.61 Å². The van der Waals surface area contributed by atoms with Crippen LogP contribution in [0.5, 0.6) is 0 Å². The number of carbonyl (C=O) groups is 1. The van der Waals surface area contributed by atoms with Gasteiger partial charge in [0.1, 0.15) is 6.04 Å². The Morgan fingerprint density at radius 2 is 2.25 bits per heavy atom. The summed E-state index contributed by atoms with van der Waals surface area (Å²) in [6.07, 6.45) is 0. The Hall–Kier alpha value is -0.420. The third-order valence-electron chi connectivity index (χ3n) is 1.03. The lowest BCUT2D eigenvalue weighted by Gasteiger charge is -2.14. The summed E-state index contributed by atoms with van der Waals surface area (Å²) in [5.74, 6) is -1.20. The fourth-order valence-electron chi connectivity index (χ4n) is 0.512. The second kappa shape index (κ2) is 4.57. The summed E-state index contributed by atoms with van der Waals surface area (Å²) in [5.41, 5.74) is 0. The van der Waals surface area contributed by atoms with Crippen molar-refractivity contribution < 1.29 is 23.9 Å². The molecular weight excluding hydrogens is 185 g/mol. The average molecular weight is 197 g/mol. The molecule has 12 heavy (non-hydrogen) atoms. The summed E-state index contributed by atoms with van der Waals surface area (Å²) in [6.45, 7) is 2.84. The Kier molecular flexibility index (Phi) is 4.41. The van der Waals surface area contributed by atoms with Crippen molar-refractivity contribution in [2.24, 2.45) is 0 Å². The SMILES string of the molecule is CCOP(=O)(O)N[C@@H](C)C(=O)O. The van der Waals surface area contributed by atoms with Gasteiger partial charge in [-0.3, -0.25) is 9.32 Å². The van der Waals surface area contributed by atoms with Crippen LogP contribution in [0.15, 0.2) is 0 Å². The molecule has 0 aliphatic rings. The van der Waals surface area contributed by atoms with Crippen LogP contribution >= 0.6 is 7.75 Å². The van der Waals surface area contributed by atoms with Crippen molar-refractivity contribution in [1.29, 1.82) is 0 Å². The zero-order valence-corrected chi connectivity index (χ0v) is 7.75. The Bertz CT molecular complexity index is 206. The maximum absolute atomic E-state index is 10.9. The van der Waals surface area contributed by atoms with Gasteiger partial charge in [-0.05, 0) is 13.8 Å². The summed E-state index contributed by atoms with van der Waals surface area (Å²) in [7, 11) is -3.93. The second-order valence-corrected chi connectivity index (χ2v) is 3.68. The maximum Gasteiger partial charge on any atom is 0.403 e. The summed E-state index contributed by atoms with van der Waals surface area (Å²) < 4.78 is 15.3. The minimum absolute atomic E-state index is 0.0487. The van der Waals surface area contributed by atoms with Crippen LogP contribution in [0.1, 0.15) is 13.8 Å². The van der Waals surface area contributed by atoms with Crippen LogP contribution in [-0.4, -0.2) is 28.6 Å². The molecule has 0 aromatic carbocycles. The molecule has 0 saturated heterocycles. The number of hydrogen-bond acceptors (Lipinski definition) is 3. The van der Waals surface area contributed by atoms with E-state index in [4.69, 9.17) is 10.00 Å². The molecule has 0 spiro atoms. The van der Waals surface area contributed by atoms with Gasteiger partial charge in [0.05, 0.1) is 6.61 Å². The summed E-state index contributed by atoms with van der Waals surface area (Å²) in [4.78, 5) is 19.1. The Morgan fingerprint density at radius 3 is 2.58 bits per heavy atom. The third-order valence-corrected chi connectivity index (χ3v) is 2.35. The molecule has 3 N–H and O–H groups in total. The molecule has 2 atom stereocenters. The van der Waals surface area contributed by atoms with E-state index in [1.807, 2.05) is 5.09 Å². The van der Waals surface area contributed by atoms with Gasteiger partial charge >= 0.3 is 13.7 Å². The molecule has 0 amide bonds. The highest BCUT2D eigenvalue weighted by Gasteiger charge is 2.24. The monoisotopic (exact) mass is 197 g/mol. The fraction of sp³-hybridized carbons (Fsp3) is 0.800. The molecule has 0 heterocycles. The molecule has 0 aromatic heterocycles. The van der Waals surface area contributed by atoms with E-state index in [1.54, 1.807) is 0 Å². The predicted octanol–water partition coefficient (Wildman–Crippen LogP) is 0.186. The fourth-order valence-corrected chi connectivity index (χ4v) is 1.54. The first-order valence-electron chi connectivity index (χ1n) is 3.37. The molecule has 6 nitrogen and oxygen atoms in total. The van der Waals surface area contributed by atoms with Gasteiger partial charge in [0.15, 0.2) is 0 Å². The number of rotatable bonds is 5. The van der Waals surface area contributed by atoms with Gasteiger partial charge in [-0.2, -0.15) is 0 Å². The lowest BCUT2D eigenvalue weighted by Crippen LogP contribution is -2.31. The molecule has 0 aromatic rings. The molecule has 0 bridgehead atoms. The highest BCUT2D eigenvalue weighted by atomic mass is 31.2. The van der Waals surface area contributed by atoms with Crippen LogP contribution in [0.3, 0.4) is 0 Å². The molecule has 1 unspecified atom stereocenters. The topological polar surface area (TPSA) is 95.9 Å². The highest BCUT2D eigenvalue weighted by molar-refractivity contribution is 7.50. The lowest BCUT2D eigenvalue weighted by molar-refractivity contribution is -0.138. The maximum atomic E-state index is 10.9. The van der Waals surface area contributed by atoms with E-state index < -0.39 is 19.8 Å². The van der Waals surface area contributed by atoms with Gasteiger partial charge < -0.3 is 10.00 Å². The normalized spacial score (nSPS) is 18.2. The number of hydrogen-bond donors (Lipinski definition) is 3. The van der Waals surface area contributed by atoms with Gasteiger partial charge in [0.2, 0.25) is 0 Å². The first-order chi connectivity index (χ1) is 5.39. The second-order valence-electron chi connectivity index (χ2n) is 2.13. The Labute approximate surface area is 70.1 Å². The highest BCUT2D eigenvalue weighted by Crippen LogP contribution is 2.36. The number of aliphatic carboxylic acids is 1. The number of carboxylic acid groups (broad SMARTS) is 1. The van der Waals surface area contributed by atoms with E-state index in [2.05, 4.69) is 4.52 Å². The van der Waals surface area contributed by atoms with E-state index >= 15 is 0 Å². The van der Waals surface area contributed by atoms with Crippen molar-refractivity contribution >= 4 is 13.7 Å². The van der Waals surface area contributed by atoms with Crippen LogP contribution in [-0.2, 0) is 13.9 Å². The molecule has 0 radical (unpaired) electrons. The van der Waals surface area contributed by atoms with E-state index in [0.717, 1.165) is 0 Å². The number of carboxylic acids is 1. The van der Waals surface area contributed by atoms with E-state index in [0.29, 0.717) is 0 Å². The first kappa shape index (κ1) is 11.6. The zero-order valence-electron chi connectivity index (χ0n) is 6.85. The van der Waals surface area contributed by atoms with Gasteiger partial charge in [0.25, 0.3) is 0 Å². The third kappa shape index (κ3) is 4.46. The Morgan fingerprint density at radius 1 is 1.75 bits per heavy atom. The van der Waals surface area contributed by atoms with Gasteiger partial charge in [-0.15, -0.1) is 0 Å². The largest absolute Gasteiger partial charge is 0.480 e. The van der Waals surface area contributed by atoms with Crippen LogP contribution in [0.25, 0.3) is 0 Å². The van der Waals surface area contributed by atoms with Crippen molar-refractivity contribution in [3.8, 4) is 0 Å². The number of nitrogens with one attached hydrogen (secondary N) is 1. The summed E-state index contributed by atoms with van der Waals surface area (Å²) in [5, 5.41) is 10.3. The zero-order chi connectivity index (χ0) is 9.78. The van der Waals surface area contributed by atoms with Gasteiger partial charge in [-0.25, -0.2) is 9.65 Å². The lowest BCUT2D eigenvalue weighted by atomic mass is 10.4. The minimum atomic E-state index is -3.93. The average Bonchev–Trinajstić information content (AvgIpc) is 1.85. The molecule has 0 aliphatic carbocycles. The minimum Gasteiger partial charge on any atom is -0.480 e. The molecular formula is C5H12NO5P. The molecule has 0 rings (SSSR count). The van der Waals surface area contributed by atoms with Crippen LogP contribution < -0.4 is 5.09 Å². The molecule has 0 saturated carbocycles. The molecule has 0 fully saturated rings. The van der Waals surface area contributed by atoms with Crippen molar-refractivity contribution in [3.63, 3.8) is 0 Å². The molecule has 7 heteroatoms. The van der Waals surface area contributed by atoms with Crippen LogP contribution in [0.2, 0.25) is 0 Å². The van der Waals surface area contributed by atoms with E-state index in [9.17, 15) is 9.36 Å². The Balaban J connectivity index is 4.05. The molecule has 0 aliphatic heterocycles. The van der Waals surface area contributed by atoms with Crippen molar-refractivity contribution in [2.75, 3.05) is 6.61 Å². The van der Waals surface area contributed by atoms with Crippen molar-refractivity contribution in [3.05, 3.63) is 0 Å². The standard InChI is InChI=1S/C5H12NO5P/c1-3-11-12(9,10)6-4(2)5(7)8/h4H,3H2,1-2H3,(H,7,8)(H2,6,9,10)/t4-/m0/s1. The predicted molar refractivity (Wildman–Crippen MR) is 41.7 cm³/mol. The van der Waals surface area contributed by atoms with Crippen LogP contribution in [0.4, 0.5) is 0 Å². The summed E-state index contributed by atoms with van der Waals surface area (Å²) >= 11 is 0. The van der Waals surface area contributed by atoms with Crippen molar-refractivity contribution in [1.82, 2.24) is 5.09 Å². The summed E-state index contributed by atoms with van der Waals surface area (Å²) in [6, 6.07) is -1.10. The quantitative estimate of drug-likeness (QED) is 0.544. The van der Waals surface area contributed by atoms with Crippen molar-refractivity contribution in [2.45, 2.75) is 19.9 Å². The van der Waals surface area contributed by atoms with Gasteiger partial charge in [-0.1, -0.05) is 0 Å². The van der Waals surface area contributed by atoms with Crippen LogP contribution in [0, 0.1) is 0 Å². The van der Waals surface area contributed by atoms with E-state index in [1.165, 1.54) is 13.8 Å². The molecule has 72 valence electrons. The van der Waals surface area contributed by atoms with Gasteiger partial charge in [0, 0.05) is 0 Å².